The van der Waals surface area contributed by atoms with Crippen LogP contribution in [0.15, 0.2) is 30.3 Å². The van der Waals surface area contributed by atoms with Crippen molar-refractivity contribution in [2.75, 3.05) is 20.3 Å². The van der Waals surface area contributed by atoms with Crippen LogP contribution in [-0.2, 0) is 14.9 Å². The Hall–Kier alpha value is -1.39. The first-order valence-electron chi connectivity index (χ1n) is 5.24. The lowest BCUT2D eigenvalue weighted by Crippen LogP contribution is -2.62. The molecule has 86 valence electrons. The molecule has 1 saturated heterocycles. The highest BCUT2D eigenvalue weighted by atomic mass is 16.5. The predicted molar refractivity (Wildman–Crippen MR) is 59.4 cm³/mol. The van der Waals surface area contributed by atoms with Gasteiger partial charge in [0, 0.05) is 0 Å². The summed E-state index contributed by atoms with van der Waals surface area (Å²) in [5.74, 6) is -0.838. The highest BCUT2D eigenvalue weighted by Gasteiger charge is 2.49. The molecule has 1 aliphatic heterocycles. The summed E-state index contributed by atoms with van der Waals surface area (Å²) in [7, 11) is 1.67. The molecule has 0 amide bonds. The summed E-state index contributed by atoms with van der Waals surface area (Å²) < 4.78 is 5.22. The molecule has 1 aromatic carbocycles. The van der Waals surface area contributed by atoms with E-state index < -0.39 is 17.4 Å². The van der Waals surface area contributed by atoms with Crippen molar-refractivity contribution in [2.45, 2.75) is 11.5 Å². The molecule has 16 heavy (non-hydrogen) atoms. The Labute approximate surface area is 94.2 Å². The van der Waals surface area contributed by atoms with Crippen LogP contribution in [0.2, 0.25) is 0 Å². The van der Waals surface area contributed by atoms with Crippen molar-refractivity contribution in [3.8, 4) is 0 Å². The van der Waals surface area contributed by atoms with Crippen molar-refractivity contribution in [3.05, 3.63) is 35.9 Å². The maximum absolute atomic E-state index is 11.2. The molecular formula is C12H15NO3. The molecule has 0 spiro atoms. The number of carboxylic acid groups (broad SMARTS) is 1. The average Bonchev–Trinajstić information content (AvgIpc) is 2.23. The smallest absolute Gasteiger partial charge is 0.321 e. The number of carboxylic acids is 1. The fourth-order valence-electron chi connectivity index (χ4n) is 2.23. The van der Waals surface area contributed by atoms with Crippen molar-refractivity contribution in [1.29, 1.82) is 0 Å². The molecule has 0 saturated carbocycles. The standard InChI is InChI=1S/C12H15NO3/c1-13-10(11(14)15)12(7-16-8-12)9-5-3-2-4-6-9/h2-6,10,13H,7-8H2,1H3,(H,14,15). The topological polar surface area (TPSA) is 58.6 Å². The van der Waals surface area contributed by atoms with Gasteiger partial charge in [-0.25, -0.2) is 0 Å². The van der Waals surface area contributed by atoms with Gasteiger partial charge in [-0.15, -0.1) is 0 Å². The van der Waals surface area contributed by atoms with Crippen LogP contribution in [0, 0.1) is 0 Å². The maximum Gasteiger partial charge on any atom is 0.321 e. The monoisotopic (exact) mass is 221 g/mol. The minimum absolute atomic E-state index is 0.429. The van der Waals surface area contributed by atoms with Gasteiger partial charge in [-0.05, 0) is 12.6 Å². The SMILES string of the molecule is CNC(C(=O)O)C1(c2ccccc2)COC1. The van der Waals surface area contributed by atoms with E-state index >= 15 is 0 Å². The van der Waals surface area contributed by atoms with Crippen LogP contribution in [0.3, 0.4) is 0 Å². The van der Waals surface area contributed by atoms with Crippen LogP contribution >= 0.6 is 0 Å². The molecule has 0 aliphatic carbocycles. The Bertz CT molecular complexity index is 373. The van der Waals surface area contributed by atoms with Gasteiger partial charge in [0.1, 0.15) is 6.04 Å². The van der Waals surface area contributed by atoms with Gasteiger partial charge < -0.3 is 15.2 Å². The van der Waals surface area contributed by atoms with Crippen LogP contribution in [0.4, 0.5) is 0 Å². The molecule has 0 radical (unpaired) electrons. The Balaban J connectivity index is 2.36. The van der Waals surface area contributed by atoms with Gasteiger partial charge in [0.2, 0.25) is 0 Å². The fourth-order valence-corrected chi connectivity index (χ4v) is 2.23. The number of benzene rings is 1. The summed E-state index contributed by atoms with van der Waals surface area (Å²) in [5, 5.41) is 12.1. The second-order valence-corrected chi connectivity index (χ2v) is 4.07. The van der Waals surface area contributed by atoms with Crippen molar-refractivity contribution in [1.82, 2.24) is 5.32 Å². The number of rotatable bonds is 4. The molecule has 4 heteroatoms. The number of hydrogen-bond acceptors (Lipinski definition) is 3. The summed E-state index contributed by atoms with van der Waals surface area (Å²) in [6.07, 6.45) is 0. The number of ether oxygens (including phenoxy) is 1. The Morgan fingerprint density at radius 1 is 1.44 bits per heavy atom. The number of aliphatic carboxylic acids is 1. The molecule has 1 atom stereocenters. The number of likely N-dealkylation sites (N-methyl/N-ethyl adjacent to an activating group) is 1. The van der Waals surface area contributed by atoms with E-state index in [0.29, 0.717) is 13.2 Å². The zero-order valence-corrected chi connectivity index (χ0v) is 9.14. The molecule has 0 bridgehead atoms. The summed E-state index contributed by atoms with van der Waals surface area (Å²) in [6.45, 7) is 0.906. The van der Waals surface area contributed by atoms with E-state index in [1.807, 2.05) is 30.3 Å². The van der Waals surface area contributed by atoms with Crippen molar-refractivity contribution < 1.29 is 14.6 Å². The minimum Gasteiger partial charge on any atom is -0.480 e. The van der Waals surface area contributed by atoms with Gasteiger partial charge in [-0.1, -0.05) is 30.3 Å². The normalized spacial score (nSPS) is 19.8. The van der Waals surface area contributed by atoms with Crippen LogP contribution in [0.25, 0.3) is 0 Å². The molecule has 1 fully saturated rings. The Kier molecular flexibility index (Phi) is 2.94. The van der Waals surface area contributed by atoms with E-state index in [2.05, 4.69) is 5.32 Å². The molecule has 1 unspecified atom stereocenters. The highest BCUT2D eigenvalue weighted by Crippen LogP contribution is 2.35. The second-order valence-electron chi connectivity index (χ2n) is 4.07. The van der Waals surface area contributed by atoms with Gasteiger partial charge in [0.25, 0.3) is 0 Å². The van der Waals surface area contributed by atoms with Gasteiger partial charge in [0.05, 0.1) is 18.6 Å². The van der Waals surface area contributed by atoms with Crippen molar-refractivity contribution in [2.24, 2.45) is 0 Å². The quantitative estimate of drug-likeness (QED) is 0.783. The number of nitrogens with one attached hydrogen (secondary N) is 1. The van der Waals surface area contributed by atoms with Crippen LogP contribution < -0.4 is 5.32 Å². The zero-order chi connectivity index (χ0) is 11.6. The first kappa shape index (κ1) is 11.1. The van der Waals surface area contributed by atoms with Gasteiger partial charge in [0.15, 0.2) is 0 Å². The second kappa shape index (κ2) is 4.23. The molecule has 1 aromatic rings. The number of hydrogen-bond donors (Lipinski definition) is 2. The summed E-state index contributed by atoms with van der Waals surface area (Å²) in [5.41, 5.74) is 0.588. The molecule has 0 aromatic heterocycles. The van der Waals surface area contributed by atoms with Gasteiger partial charge in [-0.2, -0.15) is 0 Å². The summed E-state index contributed by atoms with van der Waals surface area (Å²) >= 11 is 0. The van der Waals surface area contributed by atoms with E-state index in [0.717, 1.165) is 5.56 Å². The van der Waals surface area contributed by atoms with E-state index in [1.165, 1.54) is 0 Å². The third-order valence-electron chi connectivity index (χ3n) is 3.16. The van der Waals surface area contributed by atoms with E-state index in [1.54, 1.807) is 7.05 Å². The summed E-state index contributed by atoms with van der Waals surface area (Å²) in [4.78, 5) is 11.2. The predicted octanol–water partition coefficient (Wildman–Crippen LogP) is 0.627. The first-order valence-corrected chi connectivity index (χ1v) is 5.24. The van der Waals surface area contributed by atoms with E-state index in [4.69, 9.17) is 4.74 Å². The van der Waals surface area contributed by atoms with Crippen LogP contribution in [-0.4, -0.2) is 37.4 Å². The lowest BCUT2D eigenvalue weighted by Gasteiger charge is -2.45. The minimum atomic E-state index is -0.838. The molecular weight excluding hydrogens is 206 g/mol. The Morgan fingerprint density at radius 2 is 2.06 bits per heavy atom. The molecule has 2 rings (SSSR count). The summed E-state index contributed by atoms with van der Waals surface area (Å²) in [6, 6.07) is 9.06. The lowest BCUT2D eigenvalue weighted by molar-refractivity contribution is -0.150. The molecule has 1 aliphatic rings. The first-order chi connectivity index (χ1) is 7.70. The van der Waals surface area contributed by atoms with E-state index in [9.17, 15) is 9.90 Å². The fraction of sp³-hybridized carbons (Fsp3) is 0.417. The van der Waals surface area contributed by atoms with Crippen molar-refractivity contribution in [3.63, 3.8) is 0 Å². The maximum atomic E-state index is 11.2. The Morgan fingerprint density at radius 3 is 2.44 bits per heavy atom. The highest BCUT2D eigenvalue weighted by molar-refractivity contribution is 5.76. The third kappa shape index (κ3) is 1.60. The lowest BCUT2D eigenvalue weighted by atomic mass is 9.72. The molecule has 1 heterocycles. The average molecular weight is 221 g/mol. The zero-order valence-electron chi connectivity index (χ0n) is 9.14. The molecule has 4 nitrogen and oxygen atoms in total. The van der Waals surface area contributed by atoms with E-state index in [-0.39, 0.29) is 0 Å². The van der Waals surface area contributed by atoms with Gasteiger partial charge >= 0.3 is 5.97 Å². The molecule has 2 N–H and O–H groups in total. The van der Waals surface area contributed by atoms with Gasteiger partial charge in [-0.3, -0.25) is 4.79 Å². The van der Waals surface area contributed by atoms with Crippen LogP contribution in [0.5, 0.6) is 0 Å². The largest absolute Gasteiger partial charge is 0.480 e. The number of carbonyl (C=O) groups is 1. The van der Waals surface area contributed by atoms with Crippen LogP contribution in [0.1, 0.15) is 5.56 Å². The third-order valence-corrected chi connectivity index (χ3v) is 3.16. The van der Waals surface area contributed by atoms with Crippen molar-refractivity contribution >= 4 is 5.97 Å².